The molecule has 10 heteroatoms. The van der Waals surface area contributed by atoms with Crippen molar-refractivity contribution in [3.8, 4) is 0 Å². The summed E-state index contributed by atoms with van der Waals surface area (Å²) in [6.45, 7) is -0.145. The molecule has 0 aliphatic carbocycles. The van der Waals surface area contributed by atoms with Crippen molar-refractivity contribution in [1.29, 1.82) is 0 Å². The van der Waals surface area contributed by atoms with Crippen LogP contribution in [0.3, 0.4) is 0 Å². The number of carbonyl (C=O) groups is 2. The molecular weight excluding hydrogens is 276 g/mol. The SMILES string of the molecule is O=C(O)c1cc(F)c(F)cc1C(=O)NCc1nn[nH]n1. The van der Waals surface area contributed by atoms with Crippen LogP contribution in [0.2, 0.25) is 0 Å². The molecule has 0 spiro atoms. The van der Waals surface area contributed by atoms with Gasteiger partial charge in [0, 0.05) is 0 Å². The van der Waals surface area contributed by atoms with Gasteiger partial charge in [-0.15, -0.1) is 10.2 Å². The Kier molecular flexibility index (Phi) is 3.64. The number of hydrogen-bond acceptors (Lipinski definition) is 5. The minimum absolute atomic E-state index is 0.145. The van der Waals surface area contributed by atoms with Crippen LogP contribution in [-0.4, -0.2) is 37.6 Å². The second kappa shape index (κ2) is 5.38. The fourth-order valence-corrected chi connectivity index (χ4v) is 1.42. The Hall–Kier alpha value is -2.91. The number of nitrogens with zero attached hydrogens (tertiary/aromatic N) is 3. The maximum atomic E-state index is 13.1. The Morgan fingerprint density at radius 1 is 1.25 bits per heavy atom. The molecular formula is C10H7F2N5O3. The number of rotatable bonds is 4. The van der Waals surface area contributed by atoms with Crippen molar-refractivity contribution >= 4 is 11.9 Å². The maximum Gasteiger partial charge on any atom is 0.336 e. The van der Waals surface area contributed by atoms with E-state index in [4.69, 9.17) is 5.11 Å². The van der Waals surface area contributed by atoms with Crippen molar-refractivity contribution in [3.63, 3.8) is 0 Å². The number of amides is 1. The molecule has 1 amide bonds. The van der Waals surface area contributed by atoms with Gasteiger partial charge in [-0.1, -0.05) is 5.21 Å². The first-order chi connectivity index (χ1) is 9.49. The summed E-state index contributed by atoms with van der Waals surface area (Å²) in [4.78, 5) is 22.7. The first-order valence-corrected chi connectivity index (χ1v) is 5.22. The zero-order valence-corrected chi connectivity index (χ0v) is 9.72. The third-order valence-electron chi connectivity index (χ3n) is 2.33. The van der Waals surface area contributed by atoms with E-state index in [0.29, 0.717) is 12.1 Å². The Labute approximate surface area is 109 Å². The summed E-state index contributed by atoms with van der Waals surface area (Å²) in [7, 11) is 0. The molecule has 1 aromatic heterocycles. The fraction of sp³-hybridized carbons (Fsp3) is 0.100. The smallest absolute Gasteiger partial charge is 0.336 e. The van der Waals surface area contributed by atoms with Crippen molar-refractivity contribution in [1.82, 2.24) is 25.9 Å². The van der Waals surface area contributed by atoms with Crippen molar-refractivity contribution in [3.05, 3.63) is 40.7 Å². The van der Waals surface area contributed by atoms with Gasteiger partial charge in [-0.05, 0) is 12.1 Å². The van der Waals surface area contributed by atoms with Crippen LogP contribution in [0.15, 0.2) is 12.1 Å². The first-order valence-electron chi connectivity index (χ1n) is 5.22. The number of nitrogens with one attached hydrogen (secondary N) is 2. The highest BCUT2D eigenvalue weighted by molar-refractivity contribution is 6.04. The van der Waals surface area contributed by atoms with Crippen molar-refractivity contribution in [2.45, 2.75) is 6.54 Å². The number of tetrazole rings is 1. The second-order valence-corrected chi connectivity index (χ2v) is 3.63. The van der Waals surface area contributed by atoms with Gasteiger partial charge in [-0.3, -0.25) is 4.79 Å². The van der Waals surface area contributed by atoms with Crippen LogP contribution < -0.4 is 5.32 Å². The summed E-state index contributed by atoms with van der Waals surface area (Å²) < 4.78 is 26.1. The van der Waals surface area contributed by atoms with Crippen LogP contribution in [-0.2, 0) is 6.54 Å². The first kappa shape index (κ1) is 13.5. The van der Waals surface area contributed by atoms with Gasteiger partial charge in [0.1, 0.15) is 0 Å². The van der Waals surface area contributed by atoms with Gasteiger partial charge >= 0.3 is 5.97 Å². The lowest BCUT2D eigenvalue weighted by Gasteiger charge is -2.07. The predicted octanol–water partition coefficient (Wildman–Crippen LogP) is 0.106. The lowest BCUT2D eigenvalue weighted by Crippen LogP contribution is -2.26. The number of aromatic nitrogens is 4. The largest absolute Gasteiger partial charge is 0.478 e. The number of carboxylic acids is 1. The normalized spacial score (nSPS) is 10.3. The number of hydrogen-bond donors (Lipinski definition) is 3. The number of benzene rings is 1. The predicted molar refractivity (Wildman–Crippen MR) is 58.7 cm³/mol. The van der Waals surface area contributed by atoms with Gasteiger partial charge in [0.15, 0.2) is 17.5 Å². The minimum Gasteiger partial charge on any atom is -0.478 e. The Morgan fingerprint density at radius 3 is 2.45 bits per heavy atom. The van der Waals surface area contributed by atoms with Gasteiger partial charge in [0.2, 0.25) is 0 Å². The van der Waals surface area contributed by atoms with Gasteiger partial charge in [-0.25, -0.2) is 13.6 Å². The van der Waals surface area contributed by atoms with E-state index in [1.165, 1.54) is 0 Å². The highest BCUT2D eigenvalue weighted by Gasteiger charge is 2.20. The molecule has 1 aromatic carbocycles. The van der Waals surface area contributed by atoms with E-state index in [9.17, 15) is 18.4 Å². The molecule has 0 aliphatic rings. The molecule has 0 atom stereocenters. The minimum atomic E-state index is -1.55. The van der Waals surface area contributed by atoms with Crippen LogP contribution >= 0.6 is 0 Å². The summed E-state index contributed by atoms with van der Waals surface area (Å²) in [5.74, 6) is -4.96. The van der Waals surface area contributed by atoms with Gasteiger partial charge in [0.05, 0.1) is 17.7 Å². The molecule has 0 saturated heterocycles. The molecule has 0 bridgehead atoms. The molecule has 0 unspecified atom stereocenters. The number of carbonyl (C=O) groups excluding carboxylic acids is 1. The maximum absolute atomic E-state index is 13.1. The van der Waals surface area contributed by atoms with Crippen molar-refractivity contribution < 1.29 is 23.5 Å². The van der Waals surface area contributed by atoms with Gasteiger partial charge < -0.3 is 10.4 Å². The molecule has 0 radical (unpaired) electrons. The molecule has 0 aliphatic heterocycles. The number of carboxylic acid groups (broad SMARTS) is 1. The average Bonchev–Trinajstić information content (AvgIpc) is 2.91. The van der Waals surface area contributed by atoms with E-state index in [2.05, 4.69) is 25.9 Å². The Balaban J connectivity index is 2.24. The van der Waals surface area contributed by atoms with Crippen LogP contribution in [0.4, 0.5) is 8.78 Å². The van der Waals surface area contributed by atoms with E-state index < -0.39 is 34.6 Å². The van der Waals surface area contributed by atoms with Crippen LogP contribution in [0.5, 0.6) is 0 Å². The molecule has 8 nitrogen and oxygen atoms in total. The molecule has 2 rings (SSSR count). The van der Waals surface area contributed by atoms with Crippen molar-refractivity contribution in [2.24, 2.45) is 0 Å². The summed E-state index contributed by atoms with van der Waals surface area (Å²) in [6.07, 6.45) is 0. The third-order valence-corrected chi connectivity index (χ3v) is 2.33. The van der Waals surface area contributed by atoms with Crippen LogP contribution in [0.25, 0.3) is 0 Å². The molecule has 20 heavy (non-hydrogen) atoms. The lowest BCUT2D eigenvalue weighted by atomic mass is 10.1. The quantitative estimate of drug-likeness (QED) is 0.732. The molecule has 1 heterocycles. The Bertz CT molecular complexity index is 659. The van der Waals surface area contributed by atoms with E-state index in [0.717, 1.165) is 0 Å². The van der Waals surface area contributed by atoms with E-state index >= 15 is 0 Å². The summed E-state index contributed by atoms with van der Waals surface area (Å²) >= 11 is 0. The zero-order valence-electron chi connectivity index (χ0n) is 9.72. The monoisotopic (exact) mass is 283 g/mol. The topological polar surface area (TPSA) is 121 Å². The van der Waals surface area contributed by atoms with Crippen LogP contribution in [0.1, 0.15) is 26.5 Å². The molecule has 0 saturated carbocycles. The van der Waals surface area contributed by atoms with Gasteiger partial charge in [-0.2, -0.15) is 5.21 Å². The summed E-state index contributed by atoms with van der Waals surface area (Å²) in [6, 6.07) is 0.964. The van der Waals surface area contributed by atoms with E-state index in [1.54, 1.807) is 0 Å². The van der Waals surface area contributed by atoms with Crippen molar-refractivity contribution in [2.75, 3.05) is 0 Å². The molecule has 104 valence electrons. The Morgan fingerprint density at radius 2 is 1.90 bits per heavy atom. The average molecular weight is 283 g/mol. The lowest BCUT2D eigenvalue weighted by molar-refractivity contribution is 0.0690. The van der Waals surface area contributed by atoms with E-state index in [1.807, 2.05) is 0 Å². The molecule has 3 N–H and O–H groups in total. The summed E-state index contributed by atoms with van der Waals surface area (Å²) in [5, 5.41) is 23.7. The standard InChI is InChI=1S/C10H7F2N5O3/c11-6-1-4(5(10(19)20)2-7(6)12)9(18)13-3-8-14-16-17-15-8/h1-2H,3H2,(H,13,18)(H,19,20)(H,14,15,16,17). The molecule has 2 aromatic rings. The number of aromatic carboxylic acids is 1. The highest BCUT2D eigenvalue weighted by Crippen LogP contribution is 2.15. The number of halogens is 2. The number of aromatic amines is 1. The summed E-state index contributed by atoms with van der Waals surface area (Å²) in [5.41, 5.74) is -1.14. The van der Waals surface area contributed by atoms with Crippen LogP contribution in [0, 0.1) is 11.6 Å². The molecule has 0 fully saturated rings. The third kappa shape index (κ3) is 2.74. The van der Waals surface area contributed by atoms with E-state index in [-0.39, 0.29) is 12.4 Å². The van der Waals surface area contributed by atoms with Gasteiger partial charge in [0.25, 0.3) is 5.91 Å². The number of H-pyrrole nitrogens is 1. The second-order valence-electron chi connectivity index (χ2n) is 3.63. The highest BCUT2D eigenvalue weighted by atomic mass is 19.2. The fourth-order valence-electron chi connectivity index (χ4n) is 1.42. The zero-order chi connectivity index (χ0) is 14.7.